The van der Waals surface area contributed by atoms with E-state index in [9.17, 15) is 4.79 Å². The van der Waals surface area contributed by atoms with Gasteiger partial charge >= 0.3 is 0 Å². The van der Waals surface area contributed by atoms with Gasteiger partial charge in [-0.05, 0) is 45.5 Å². The highest BCUT2D eigenvalue weighted by Gasteiger charge is 2.39. The largest absolute Gasteiger partial charge is 0.496 e. The van der Waals surface area contributed by atoms with Gasteiger partial charge in [-0.15, -0.1) is 0 Å². The third-order valence-electron chi connectivity index (χ3n) is 4.28. The van der Waals surface area contributed by atoms with Gasteiger partial charge in [-0.25, -0.2) is 0 Å². The van der Waals surface area contributed by atoms with Gasteiger partial charge in [-0.2, -0.15) is 0 Å². The third-order valence-corrected chi connectivity index (χ3v) is 4.28. The Hall–Kier alpha value is -1.75. The number of ether oxygens (including phenoxy) is 1. The maximum absolute atomic E-state index is 12.3. The molecule has 0 heterocycles. The standard InChI is InChI=1S/C15H23N3O2/c1-18(2)15(7-4-8-15)10-17-14(19)12-6-5-11(16)9-13(12)20-3/h5-6,9H,4,7-8,10,16H2,1-3H3,(H,17,19). The SMILES string of the molecule is COc1cc(N)ccc1C(=O)NCC1(N(C)C)CCC1. The summed E-state index contributed by atoms with van der Waals surface area (Å²) in [5.41, 5.74) is 6.91. The molecular weight excluding hydrogens is 254 g/mol. The number of nitrogen functional groups attached to an aromatic ring is 1. The molecule has 1 amide bonds. The molecule has 5 nitrogen and oxygen atoms in total. The summed E-state index contributed by atoms with van der Waals surface area (Å²) in [6.45, 7) is 0.659. The van der Waals surface area contributed by atoms with E-state index >= 15 is 0 Å². The number of nitrogens with one attached hydrogen (secondary N) is 1. The number of rotatable bonds is 5. The fraction of sp³-hybridized carbons (Fsp3) is 0.533. The summed E-state index contributed by atoms with van der Waals surface area (Å²) in [5, 5.41) is 3.02. The highest BCUT2D eigenvalue weighted by Crippen LogP contribution is 2.35. The second kappa shape index (κ2) is 5.71. The average Bonchev–Trinajstić information content (AvgIpc) is 2.36. The first-order valence-corrected chi connectivity index (χ1v) is 6.88. The molecule has 0 saturated heterocycles. The lowest BCUT2D eigenvalue weighted by molar-refractivity contribution is 0.0557. The number of hydrogen-bond acceptors (Lipinski definition) is 4. The minimum atomic E-state index is -0.116. The van der Waals surface area contributed by atoms with Gasteiger partial charge in [0, 0.05) is 23.8 Å². The Bertz CT molecular complexity index is 496. The Labute approximate surface area is 120 Å². The van der Waals surface area contributed by atoms with Crippen LogP contribution in [0.5, 0.6) is 5.75 Å². The van der Waals surface area contributed by atoms with E-state index < -0.39 is 0 Å². The van der Waals surface area contributed by atoms with Crippen LogP contribution in [-0.2, 0) is 0 Å². The van der Waals surface area contributed by atoms with Crippen LogP contribution in [0.2, 0.25) is 0 Å². The fourth-order valence-electron chi connectivity index (χ4n) is 2.60. The third kappa shape index (κ3) is 2.72. The zero-order valence-electron chi connectivity index (χ0n) is 12.4. The first kappa shape index (κ1) is 14.7. The van der Waals surface area contributed by atoms with E-state index in [1.165, 1.54) is 6.42 Å². The molecule has 0 spiro atoms. The Morgan fingerprint density at radius 1 is 1.45 bits per heavy atom. The quantitative estimate of drug-likeness (QED) is 0.800. The number of nitrogens with two attached hydrogens (primary N) is 1. The maximum atomic E-state index is 12.3. The molecule has 1 saturated carbocycles. The number of anilines is 1. The van der Waals surface area contributed by atoms with E-state index in [1.54, 1.807) is 25.3 Å². The summed E-state index contributed by atoms with van der Waals surface area (Å²) in [6, 6.07) is 5.08. The van der Waals surface area contributed by atoms with Gasteiger partial charge in [-0.3, -0.25) is 4.79 Å². The van der Waals surface area contributed by atoms with E-state index in [-0.39, 0.29) is 11.4 Å². The van der Waals surface area contributed by atoms with Crippen molar-refractivity contribution in [3.63, 3.8) is 0 Å². The van der Waals surface area contributed by atoms with Crippen LogP contribution in [-0.4, -0.2) is 44.1 Å². The first-order valence-electron chi connectivity index (χ1n) is 6.88. The molecule has 3 N–H and O–H groups in total. The second-order valence-corrected chi connectivity index (χ2v) is 5.61. The molecule has 0 aromatic heterocycles. The van der Waals surface area contributed by atoms with Gasteiger partial charge < -0.3 is 20.7 Å². The number of nitrogens with zero attached hydrogens (tertiary/aromatic N) is 1. The van der Waals surface area contributed by atoms with Gasteiger partial charge in [0.25, 0.3) is 5.91 Å². The van der Waals surface area contributed by atoms with Crippen molar-refractivity contribution in [2.75, 3.05) is 33.5 Å². The van der Waals surface area contributed by atoms with E-state index in [2.05, 4.69) is 24.3 Å². The first-order chi connectivity index (χ1) is 9.48. The Morgan fingerprint density at radius 3 is 2.65 bits per heavy atom. The molecule has 20 heavy (non-hydrogen) atoms. The molecule has 1 fully saturated rings. The fourth-order valence-corrected chi connectivity index (χ4v) is 2.60. The molecule has 0 bridgehead atoms. The van der Waals surface area contributed by atoms with Crippen LogP contribution in [0.1, 0.15) is 29.6 Å². The molecule has 5 heteroatoms. The lowest BCUT2D eigenvalue weighted by Gasteiger charge is -2.47. The van der Waals surface area contributed by atoms with Crippen molar-refractivity contribution in [1.29, 1.82) is 0 Å². The smallest absolute Gasteiger partial charge is 0.255 e. The van der Waals surface area contributed by atoms with Crippen LogP contribution in [0.4, 0.5) is 5.69 Å². The molecule has 110 valence electrons. The minimum Gasteiger partial charge on any atom is -0.496 e. The Balaban J connectivity index is 2.05. The van der Waals surface area contributed by atoms with Crippen molar-refractivity contribution >= 4 is 11.6 Å². The number of hydrogen-bond donors (Lipinski definition) is 2. The molecule has 0 aliphatic heterocycles. The predicted octanol–water partition coefficient (Wildman–Crippen LogP) is 1.49. The second-order valence-electron chi connectivity index (χ2n) is 5.61. The van der Waals surface area contributed by atoms with Crippen LogP contribution in [0.25, 0.3) is 0 Å². The highest BCUT2D eigenvalue weighted by molar-refractivity contribution is 5.97. The zero-order chi connectivity index (χ0) is 14.8. The molecule has 2 rings (SSSR count). The van der Waals surface area contributed by atoms with Crippen LogP contribution in [0, 0.1) is 0 Å². The van der Waals surface area contributed by atoms with Gasteiger partial charge in [0.15, 0.2) is 0 Å². The molecule has 1 aliphatic carbocycles. The number of amides is 1. The van der Waals surface area contributed by atoms with Crippen LogP contribution < -0.4 is 15.8 Å². The lowest BCUT2D eigenvalue weighted by atomic mass is 9.75. The Kier molecular flexibility index (Phi) is 4.18. The van der Waals surface area contributed by atoms with Crippen LogP contribution in [0.3, 0.4) is 0 Å². The van der Waals surface area contributed by atoms with Crippen molar-refractivity contribution in [3.8, 4) is 5.75 Å². The number of likely N-dealkylation sites (N-methyl/N-ethyl adjacent to an activating group) is 1. The van der Waals surface area contributed by atoms with Crippen LogP contribution in [0.15, 0.2) is 18.2 Å². The van der Waals surface area contributed by atoms with Crippen molar-refractivity contribution in [2.24, 2.45) is 0 Å². The highest BCUT2D eigenvalue weighted by atomic mass is 16.5. The number of benzene rings is 1. The maximum Gasteiger partial charge on any atom is 0.255 e. The van der Waals surface area contributed by atoms with Gasteiger partial charge in [0.05, 0.1) is 12.7 Å². The topological polar surface area (TPSA) is 67.6 Å². The molecule has 1 aliphatic rings. The van der Waals surface area contributed by atoms with Crippen molar-refractivity contribution in [1.82, 2.24) is 10.2 Å². The summed E-state index contributed by atoms with van der Waals surface area (Å²) < 4.78 is 5.22. The summed E-state index contributed by atoms with van der Waals surface area (Å²) in [4.78, 5) is 14.5. The molecule has 0 atom stereocenters. The number of carbonyl (C=O) groups excluding carboxylic acids is 1. The van der Waals surface area contributed by atoms with Gasteiger partial charge in [-0.1, -0.05) is 0 Å². The minimum absolute atomic E-state index is 0.108. The molecule has 1 aromatic rings. The van der Waals surface area contributed by atoms with Crippen molar-refractivity contribution in [2.45, 2.75) is 24.8 Å². The van der Waals surface area contributed by atoms with Crippen molar-refractivity contribution < 1.29 is 9.53 Å². The van der Waals surface area contributed by atoms with E-state index in [0.29, 0.717) is 23.5 Å². The summed E-state index contributed by atoms with van der Waals surface area (Å²) in [5.74, 6) is 0.394. The van der Waals surface area contributed by atoms with E-state index in [4.69, 9.17) is 10.5 Å². The average molecular weight is 277 g/mol. The normalized spacial score (nSPS) is 16.6. The van der Waals surface area contributed by atoms with Gasteiger partial charge in [0.2, 0.25) is 0 Å². The molecule has 0 unspecified atom stereocenters. The Morgan fingerprint density at radius 2 is 2.15 bits per heavy atom. The van der Waals surface area contributed by atoms with Crippen molar-refractivity contribution in [3.05, 3.63) is 23.8 Å². The van der Waals surface area contributed by atoms with E-state index in [0.717, 1.165) is 12.8 Å². The summed E-state index contributed by atoms with van der Waals surface area (Å²) in [6.07, 6.45) is 3.47. The molecule has 1 aromatic carbocycles. The predicted molar refractivity (Wildman–Crippen MR) is 80.0 cm³/mol. The molecular formula is C15H23N3O2. The van der Waals surface area contributed by atoms with Crippen LogP contribution >= 0.6 is 0 Å². The lowest BCUT2D eigenvalue weighted by Crippen LogP contribution is -2.57. The van der Waals surface area contributed by atoms with Gasteiger partial charge in [0.1, 0.15) is 5.75 Å². The van der Waals surface area contributed by atoms with E-state index in [1.807, 2.05) is 0 Å². The number of carbonyl (C=O) groups is 1. The summed E-state index contributed by atoms with van der Waals surface area (Å²) >= 11 is 0. The number of methoxy groups -OCH3 is 1. The summed E-state index contributed by atoms with van der Waals surface area (Å²) in [7, 11) is 5.67. The molecule has 0 radical (unpaired) electrons. The zero-order valence-corrected chi connectivity index (χ0v) is 12.4. The monoisotopic (exact) mass is 277 g/mol.